The van der Waals surface area contributed by atoms with Crippen molar-refractivity contribution in [2.24, 2.45) is 5.92 Å². The van der Waals surface area contributed by atoms with Gasteiger partial charge in [0, 0.05) is 30.6 Å². The Hall–Kier alpha value is -3.39. The van der Waals surface area contributed by atoms with Crippen molar-refractivity contribution in [1.82, 2.24) is 15.3 Å². The maximum atomic E-state index is 13.2. The zero-order chi connectivity index (χ0) is 25.9. The molecule has 0 saturated heterocycles. The van der Waals surface area contributed by atoms with Crippen LogP contribution in [0, 0.1) is 5.92 Å². The molecule has 37 heavy (non-hydrogen) atoms. The summed E-state index contributed by atoms with van der Waals surface area (Å²) in [6, 6.07) is 13.4. The van der Waals surface area contributed by atoms with Crippen LogP contribution in [0.3, 0.4) is 0 Å². The predicted molar refractivity (Wildman–Crippen MR) is 151 cm³/mol. The SMILES string of the molecule is CNCCNc1ccc(Nc2c(C(=O)C3CC3)cnc3ccc(-c4cc(Cl)c(OC)c(Cl)c4)cc23)cn1. The topological polar surface area (TPSA) is 88.2 Å². The molecule has 9 heteroatoms. The van der Waals surface area contributed by atoms with E-state index >= 15 is 0 Å². The highest BCUT2D eigenvalue weighted by molar-refractivity contribution is 6.37. The molecule has 0 spiro atoms. The Kier molecular flexibility index (Phi) is 7.46. The van der Waals surface area contributed by atoms with Crippen molar-refractivity contribution in [3.05, 3.63) is 70.5 Å². The molecule has 1 fully saturated rings. The lowest BCUT2D eigenvalue weighted by Gasteiger charge is -2.16. The molecule has 1 saturated carbocycles. The van der Waals surface area contributed by atoms with E-state index in [2.05, 4.69) is 25.9 Å². The summed E-state index contributed by atoms with van der Waals surface area (Å²) in [6.45, 7) is 1.61. The summed E-state index contributed by atoms with van der Waals surface area (Å²) in [5, 5.41) is 11.5. The minimum Gasteiger partial charge on any atom is -0.494 e. The number of pyridine rings is 2. The minimum atomic E-state index is 0.0547. The van der Waals surface area contributed by atoms with Crippen LogP contribution in [-0.2, 0) is 0 Å². The summed E-state index contributed by atoms with van der Waals surface area (Å²) in [6.07, 6.45) is 5.25. The molecule has 0 amide bonds. The van der Waals surface area contributed by atoms with Crippen LogP contribution >= 0.6 is 23.2 Å². The first kappa shape index (κ1) is 25.3. The number of methoxy groups -OCH3 is 1. The summed E-state index contributed by atoms with van der Waals surface area (Å²) >= 11 is 12.8. The van der Waals surface area contributed by atoms with Crippen LogP contribution in [0.25, 0.3) is 22.0 Å². The van der Waals surface area contributed by atoms with Gasteiger partial charge in [-0.2, -0.15) is 0 Å². The Morgan fingerprint density at radius 2 is 1.78 bits per heavy atom. The monoisotopic (exact) mass is 535 g/mol. The molecule has 0 unspecified atom stereocenters. The van der Waals surface area contributed by atoms with Gasteiger partial charge in [-0.3, -0.25) is 9.78 Å². The highest BCUT2D eigenvalue weighted by atomic mass is 35.5. The van der Waals surface area contributed by atoms with E-state index in [0.717, 1.165) is 59.5 Å². The molecule has 4 aromatic rings. The maximum absolute atomic E-state index is 13.2. The molecule has 2 aromatic heterocycles. The Balaban J connectivity index is 1.56. The highest BCUT2D eigenvalue weighted by Gasteiger charge is 2.32. The first-order chi connectivity index (χ1) is 18.0. The number of fused-ring (bicyclic) bond motifs is 1. The number of rotatable bonds is 10. The van der Waals surface area contributed by atoms with E-state index in [1.54, 1.807) is 12.4 Å². The fourth-order valence-corrected chi connectivity index (χ4v) is 4.85. The number of carbonyl (C=O) groups excluding carboxylic acids is 1. The van der Waals surface area contributed by atoms with Gasteiger partial charge >= 0.3 is 0 Å². The highest BCUT2D eigenvalue weighted by Crippen LogP contribution is 2.40. The van der Waals surface area contributed by atoms with Crippen molar-refractivity contribution in [2.45, 2.75) is 12.8 Å². The second kappa shape index (κ2) is 10.9. The number of ketones is 1. The van der Waals surface area contributed by atoms with Crippen molar-refractivity contribution in [1.29, 1.82) is 0 Å². The van der Waals surface area contributed by atoms with Crippen LogP contribution < -0.4 is 20.7 Å². The van der Waals surface area contributed by atoms with Crippen LogP contribution in [0.15, 0.2) is 54.9 Å². The molecule has 0 atom stereocenters. The zero-order valence-electron chi connectivity index (χ0n) is 20.6. The van der Waals surface area contributed by atoms with Crippen LogP contribution in [0.1, 0.15) is 23.2 Å². The minimum absolute atomic E-state index is 0.0547. The Labute approximate surface area is 225 Å². The molecule has 2 heterocycles. The van der Waals surface area contributed by atoms with Gasteiger partial charge in [0.1, 0.15) is 5.82 Å². The van der Waals surface area contributed by atoms with Crippen molar-refractivity contribution < 1.29 is 9.53 Å². The first-order valence-electron chi connectivity index (χ1n) is 12.1. The van der Waals surface area contributed by atoms with Crippen LogP contribution in [0.5, 0.6) is 5.75 Å². The lowest BCUT2D eigenvalue weighted by Crippen LogP contribution is -2.18. The van der Waals surface area contributed by atoms with Crippen LogP contribution in [0.4, 0.5) is 17.2 Å². The van der Waals surface area contributed by atoms with E-state index < -0.39 is 0 Å². The number of Topliss-reactive ketones (excluding diaryl/α,β-unsaturated/α-hetero) is 1. The number of hydrogen-bond acceptors (Lipinski definition) is 7. The fraction of sp³-hybridized carbons (Fsp3) is 0.250. The van der Waals surface area contributed by atoms with E-state index in [0.29, 0.717) is 27.0 Å². The molecule has 0 radical (unpaired) electrons. The van der Waals surface area contributed by atoms with E-state index in [-0.39, 0.29) is 11.7 Å². The number of aromatic nitrogens is 2. The van der Waals surface area contributed by atoms with Crippen molar-refractivity contribution >= 4 is 57.1 Å². The number of benzene rings is 2. The van der Waals surface area contributed by atoms with Gasteiger partial charge in [-0.1, -0.05) is 29.3 Å². The molecule has 0 aliphatic heterocycles. The first-order valence-corrected chi connectivity index (χ1v) is 12.9. The lowest BCUT2D eigenvalue weighted by molar-refractivity contribution is 0.0968. The van der Waals surface area contributed by atoms with E-state index in [1.807, 2.05) is 49.5 Å². The van der Waals surface area contributed by atoms with Gasteiger partial charge in [0.2, 0.25) is 0 Å². The molecular formula is C28H27Cl2N5O2. The number of nitrogens with zero attached hydrogens (tertiary/aromatic N) is 2. The largest absolute Gasteiger partial charge is 0.494 e. The second-order valence-electron chi connectivity index (χ2n) is 8.98. The fourth-order valence-electron chi connectivity index (χ4n) is 4.21. The normalized spacial score (nSPS) is 13.0. The number of likely N-dealkylation sites (N-methyl/N-ethyl adjacent to an activating group) is 1. The van der Waals surface area contributed by atoms with Gasteiger partial charge in [-0.05, 0) is 67.4 Å². The number of carbonyl (C=O) groups is 1. The zero-order valence-corrected chi connectivity index (χ0v) is 22.1. The van der Waals surface area contributed by atoms with Crippen LogP contribution in [0.2, 0.25) is 10.0 Å². The van der Waals surface area contributed by atoms with E-state index in [9.17, 15) is 4.79 Å². The average molecular weight is 536 g/mol. The van der Waals surface area contributed by atoms with E-state index in [4.69, 9.17) is 27.9 Å². The van der Waals surface area contributed by atoms with Crippen LogP contribution in [-0.4, -0.2) is 43.0 Å². The number of anilines is 3. The van der Waals surface area contributed by atoms with Gasteiger partial charge in [0.25, 0.3) is 0 Å². The van der Waals surface area contributed by atoms with Gasteiger partial charge in [-0.15, -0.1) is 0 Å². The van der Waals surface area contributed by atoms with Gasteiger partial charge in [0.05, 0.1) is 45.8 Å². The summed E-state index contributed by atoms with van der Waals surface area (Å²) in [4.78, 5) is 22.3. The molecule has 7 nitrogen and oxygen atoms in total. The third-order valence-electron chi connectivity index (χ3n) is 6.33. The molecule has 0 bridgehead atoms. The molecule has 5 rings (SSSR count). The molecular weight excluding hydrogens is 509 g/mol. The summed E-state index contributed by atoms with van der Waals surface area (Å²) in [7, 11) is 3.44. The van der Waals surface area contributed by atoms with E-state index in [1.165, 1.54) is 7.11 Å². The third-order valence-corrected chi connectivity index (χ3v) is 6.89. The Morgan fingerprint density at radius 1 is 1.00 bits per heavy atom. The number of ether oxygens (including phenoxy) is 1. The second-order valence-corrected chi connectivity index (χ2v) is 9.79. The average Bonchev–Trinajstić information content (AvgIpc) is 3.75. The Bertz CT molecular complexity index is 1430. The third kappa shape index (κ3) is 5.49. The number of halogens is 2. The van der Waals surface area contributed by atoms with Gasteiger partial charge in [-0.25, -0.2) is 4.98 Å². The lowest BCUT2D eigenvalue weighted by atomic mass is 9.99. The van der Waals surface area contributed by atoms with Crippen molar-refractivity contribution in [3.63, 3.8) is 0 Å². The summed E-state index contributed by atoms with van der Waals surface area (Å²) in [5.74, 6) is 1.38. The molecule has 190 valence electrons. The molecule has 1 aliphatic rings. The predicted octanol–water partition coefficient (Wildman–Crippen LogP) is 6.58. The van der Waals surface area contributed by atoms with Gasteiger partial charge in [0.15, 0.2) is 11.5 Å². The van der Waals surface area contributed by atoms with Crippen molar-refractivity contribution in [3.8, 4) is 16.9 Å². The standard InChI is InChI=1S/C28H27Cl2N5O2/c1-31-9-10-32-25-8-6-19(14-34-25)35-26-20-11-17(18-12-22(29)28(37-2)23(30)13-18)5-7-24(20)33-15-21(26)27(36)16-3-4-16/h5-8,11-16,31H,3-4,9-10H2,1-2H3,(H,32,34)(H,33,35). The Morgan fingerprint density at radius 3 is 2.43 bits per heavy atom. The smallest absolute Gasteiger partial charge is 0.169 e. The number of hydrogen-bond donors (Lipinski definition) is 3. The molecule has 3 N–H and O–H groups in total. The number of nitrogens with one attached hydrogen (secondary N) is 3. The summed E-state index contributed by atoms with van der Waals surface area (Å²) < 4.78 is 5.29. The quantitative estimate of drug-likeness (QED) is 0.156. The summed E-state index contributed by atoms with van der Waals surface area (Å²) in [5.41, 5.74) is 4.56. The maximum Gasteiger partial charge on any atom is 0.169 e. The van der Waals surface area contributed by atoms with Crippen molar-refractivity contribution in [2.75, 3.05) is 37.9 Å². The molecule has 1 aliphatic carbocycles. The molecule has 2 aromatic carbocycles. The van der Waals surface area contributed by atoms with Gasteiger partial charge < -0.3 is 20.7 Å².